The minimum absolute atomic E-state index is 0.248. The van der Waals surface area contributed by atoms with Crippen LogP contribution in [0.4, 0.5) is 5.88 Å². The summed E-state index contributed by atoms with van der Waals surface area (Å²) >= 11 is 1.38. The van der Waals surface area contributed by atoms with Gasteiger partial charge in [0, 0.05) is 6.08 Å². The summed E-state index contributed by atoms with van der Waals surface area (Å²) in [5.41, 5.74) is 1.12. The standard InChI is InChI=1S/C14H7N3O3S/c15-8-9(7-10-5-6-13(20-10)17(18)19)14-16-11-3-1-2-4-12(11)21-14/h1-7H. The molecule has 0 saturated carbocycles. The Bertz CT molecular complexity index is 868. The summed E-state index contributed by atoms with van der Waals surface area (Å²) in [7, 11) is 0. The molecule has 0 unspecified atom stereocenters. The van der Waals surface area contributed by atoms with E-state index in [0.717, 1.165) is 10.2 Å². The summed E-state index contributed by atoms with van der Waals surface area (Å²) < 4.78 is 5.99. The van der Waals surface area contributed by atoms with Crippen LogP contribution < -0.4 is 0 Å². The van der Waals surface area contributed by atoms with E-state index in [9.17, 15) is 15.4 Å². The van der Waals surface area contributed by atoms with Crippen LogP contribution in [0.3, 0.4) is 0 Å². The molecular formula is C14H7N3O3S. The van der Waals surface area contributed by atoms with E-state index in [1.165, 1.54) is 29.5 Å². The van der Waals surface area contributed by atoms with Crippen LogP contribution in [0.2, 0.25) is 0 Å². The SMILES string of the molecule is N#CC(=Cc1ccc([N+](=O)[O-])o1)c1nc2ccccc2s1. The number of hydrogen-bond donors (Lipinski definition) is 0. The molecule has 3 aromatic rings. The molecule has 3 rings (SSSR count). The topological polar surface area (TPSA) is 93.0 Å². The Morgan fingerprint density at radius 1 is 1.38 bits per heavy atom. The first-order valence-corrected chi connectivity index (χ1v) is 6.71. The number of hydrogen-bond acceptors (Lipinski definition) is 6. The molecule has 6 nitrogen and oxygen atoms in total. The normalized spacial score (nSPS) is 11.5. The fourth-order valence-electron chi connectivity index (χ4n) is 1.79. The largest absolute Gasteiger partial charge is 0.433 e. The van der Waals surface area contributed by atoms with Crippen LogP contribution in [-0.4, -0.2) is 9.91 Å². The lowest BCUT2D eigenvalue weighted by Crippen LogP contribution is -1.82. The summed E-state index contributed by atoms with van der Waals surface area (Å²) in [6.45, 7) is 0. The molecule has 102 valence electrons. The van der Waals surface area contributed by atoms with Gasteiger partial charge < -0.3 is 4.42 Å². The minimum atomic E-state index is -0.624. The van der Waals surface area contributed by atoms with Crippen molar-refractivity contribution in [1.82, 2.24) is 4.98 Å². The highest BCUT2D eigenvalue weighted by molar-refractivity contribution is 7.19. The third kappa shape index (κ3) is 2.52. The van der Waals surface area contributed by atoms with E-state index in [0.29, 0.717) is 10.6 Å². The van der Waals surface area contributed by atoms with Crippen molar-refractivity contribution in [3.63, 3.8) is 0 Å². The number of nitro groups is 1. The van der Waals surface area contributed by atoms with Crippen LogP contribution in [0.1, 0.15) is 10.8 Å². The molecule has 2 aromatic heterocycles. The van der Waals surface area contributed by atoms with Gasteiger partial charge in [-0.25, -0.2) is 4.98 Å². The molecule has 0 fully saturated rings. The lowest BCUT2D eigenvalue weighted by molar-refractivity contribution is -0.402. The van der Waals surface area contributed by atoms with E-state index >= 15 is 0 Å². The van der Waals surface area contributed by atoms with Gasteiger partial charge in [0.2, 0.25) is 0 Å². The van der Waals surface area contributed by atoms with Gasteiger partial charge in [-0.2, -0.15) is 5.26 Å². The number of aromatic nitrogens is 1. The van der Waals surface area contributed by atoms with Gasteiger partial charge in [0.05, 0.1) is 21.9 Å². The second-order valence-electron chi connectivity index (χ2n) is 4.09. The van der Waals surface area contributed by atoms with Gasteiger partial charge in [0.25, 0.3) is 0 Å². The number of fused-ring (bicyclic) bond motifs is 1. The number of thiazole rings is 1. The Morgan fingerprint density at radius 2 is 2.19 bits per heavy atom. The Hall–Kier alpha value is -2.98. The van der Waals surface area contributed by atoms with E-state index in [1.54, 1.807) is 0 Å². The molecule has 0 spiro atoms. The van der Waals surface area contributed by atoms with Crippen LogP contribution in [0, 0.1) is 21.4 Å². The highest BCUT2D eigenvalue weighted by atomic mass is 32.1. The highest BCUT2D eigenvalue weighted by Crippen LogP contribution is 2.28. The van der Waals surface area contributed by atoms with Gasteiger partial charge >= 0.3 is 5.88 Å². The first-order chi connectivity index (χ1) is 10.2. The van der Waals surface area contributed by atoms with Crippen molar-refractivity contribution < 1.29 is 9.34 Å². The van der Waals surface area contributed by atoms with Gasteiger partial charge in [-0.05, 0) is 18.2 Å². The van der Waals surface area contributed by atoms with Crippen LogP contribution >= 0.6 is 11.3 Å². The minimum Gasteiger partial charge on any atom is -0.401 e. The molecule has 0 aliphatic carbocycles. The summed E-state index contributed by atoms with van der Waals surface area (Å²) in [5.74, 6) is -0.111. The quantitative estimate of drug-likeness (QED) is 0.415. The number of para-hydroxylation sites is 1. The number of allylic oxidation sites excluding steroid dienone is 1. The van der Waals surface area contributed by atoms with Gasteiger partial charge in [-0.15, -0.1) is 11.3 Å². The molecular weight excluding hydrogens is 290 g/mol. The highest BCUT2D eigenvalue weighted by Gasteiger charge is 2.13. The van der Waals surface area contributed by atoms with Gasteiger partial charge in [0.1, 0.15) is 21.8 Å². The maximum atomic E-state index is 10.6. The average Bonchev–Trinajstić information content (AvgIpc) is 3.11. The Kier molecular flexibility index (Phi) is 3.22. The van der Waals surface area contributed by atoms with E-state index in [4.69, 9.17) is 4.42 Å². The summed E-state index contributed by atoms with van der Waals surface area (Å²) in [6.07, 6.45) is 1.45. The smallest absolute Gasteiger partial charge is 0.401 e. The number of furan rings is 1. The summed E-state index contributed by atoms with van der Waals surface area (Å²) in [5, 5.41) is 20.4. The molecule has 0 aliphatic heterocycles. The van der Waals surface area contributed by atoms with Crippen LogP contribution in [0.25, 0.3) is 21.9 Å². The third-order valence-corrected chi connectivity index (χ3v) is 3.79. The van der Waals surface area contributed by atoms with Crippen LogP contribution in [0.5, 0.6) is 0 Å². The summed E-state index contributed by atoms with van der Waals surface area (Å²) in [4.78, 5) is 14.3. The zero-order valence-electron chi connectivity index (χ0n) is 10.5. The Labute approximate surface area is 122 Å². The van der Waals surface area contributed by atoms with Crippen LogP contribution in [0.15, 0.2) is 40.8 Å². The van der Waals surface area contributed by atoms with E-state index in [-0.39, 0.29) is 11.6 Å². The molecule has 1 aromatic carbocycles. The molecule has 0 N–H and O–H groups in total. The van der Waals surface area contributed by atoms with Crippen LogP contribution in [-0.2, 0) is 0 Å². The Balaban J connectivity index is 2.02. The molecule has 0 amide bonds. The van der Waals surface area contributed by atoms with Crippen molar-refractivity contribution in [2.75, 3.05) is 0 Å². The Morgan fingerprint density at radius 3 is 2.86 bits per heavy atom. The monoisotopic (exact) mass is 297 g/mol. The maximum Gasteiger partial charge on any atom is 0.433 e. The van der Waals surface area contributed by atoms with Crippen molar-refractivity contribution in [2.45, 2.75) is 0 Å². The van der Waals surface area contributed by atoms with Gasteiger partial charge in [-0.3, -0.25) is 10.1 Å². The zero-order chi connectivity index (χ0) is 14.8. The number of nitriles is 1. The van der Waals surface area contributed by atoms with E-state index in [1.807, 2.05) is 30.3 Å². The van der Waals surface area contributed by atoms with E-state index in [2.05, 4.69) is 4.98 Å². The second-order valence-corrected chi connectivity index (χ2v) is 5.12. The van der Waals surface area contributed by atoms with Gasteiger partial charge in [-0.1, -0.05) is 12.1 Å². The number of rotatable bonds is 3. The average molecular weight is 297 g/mol. The zero-order valence-corrected chi connectivity index (χ0v) is 11.3. The predicted octanol–water partition coefficient (Wildman–Crippen LogP) is 3.86. The van der Waals surface area contributed by atoms with Crippen molar-refractivity contribution in [3.05, 3.63) is 57.3 Å². The fraction of sp³-hybridized carbons (Fsp3) is 0. The van der Waals surface area contributed by atoms with Crippen molar-refractivity contribution >= 4 is 39.1 Å². The molecule has 0 saturated heterocycles. The first kappa shape index (κ1) is 13.0. The van der Waals surface area contributed by atoms with Crippen molar-refractivity contribution in [3.8, 4) is 6.07 Å². The van der Waals surface area contributed by atoms with E-state index < -0.39 is 4.92 Å². The van der Waals surface area contributed by atoms with Crippen molar-refractivity contribution in [1.29, 1.82) is 5.26 Å². The molecule has 0 atom stereocenters. The molecule has 21 heavy (non-hydrogen) atoms. The first-order valence-electron chi connectivity index (χ1n) is 5.89. The molecule has 0 aliphatic rings. The number of nitrogens with zero attached hydrogens (tertiary/aromatic N) is 3. The fourth-order valence-corrected chi connectivity index (χ4v) is 2.72. The van der Waals surface area contributed by atoms with Crippen molar-refractivity contribution in [2.24, 2.45) is 0 Å². The van der Waals surface area contributed by atoms with Gasteiger partial charge in [0.15, 0.2) is 0 Å². The molecule has 0 radical (unpaired) electrons. The maximum absolute atomic E-state index is 10.6. The molecule has 2 heterocycles. The predicted molar refractivity (Wildman–Crippen MR) is 78.5 cm³/mol. The second kappa shape index (κ2) is 5.19. The molecule has 7 heteroatoms. The number of benzene rings is 1. The lowest BCUT2D eigenvalue weighted by atomic mass is 10.2. The molecule has 0 bridgehead atoms. The lowest BCUT2D eigenvalue weighted by Gasteiger charge is -1.90. The third-order valence-electron chi connectivity index (χ3n) is 2.72. The summed E-state index contributed by atoms with van der Waals surface area (Å²) in [6, 6.07) is 12.3.